The molecule has 0 bridgehead atoms. The Labute approximate surface area is 194 Å². The number of para-hydroxylation sites is 2. The molecule has 2 saturated heterocycles. The summed E-state index contributed by atoms with van der Waals surface area (Å²) in [6, 6.07) is 12.9. The fourth-order valence-electron chi connectivity index (χ4n) is 4.94. The van der Waals surface area contributed by atoms with Gasteiger partial charge in [0.2, 0.25) is 0 Å². The van der Waals surface area contributed by atoms with Crippen LogP contribution >= 0.6 is 0 Å². The van der Waals surface area contributed by atoms with Crippen molar-refractivity contribution in [2.45, 2.75) is 25.2 Å². The summed E-state index contributed by atoms with van der Waals surface area (Å²) >= 11 is 0. The lowest BCUT2D eigenvalue weighted by molar-refractivity contribution is 0.355. The lowest BCUT2D eigenvalue weighted by Gasteiger charge is -2.41. The Morgan fingerprint density at radius 1 is 0.758 bits per heavy atom. The van der Waals surface area contributed by atoms with Gasteiger partial charge in [-0.1, -0.05) is 12.1 Å². The number of benzene rings is 2. The highest BCUT2D eigenvalue weighted by atomic mass is 16.5. The van der Waals surface area contributed by atoms with Gasteiger partial charge in [0, 0.05) is 56.6 Å². The van der Waals surface area contributed by atoms with E-state index in [1.54, 1.807) is 14.2 Å². The molecular weight excluding hydrogens is 414 g/mol. The zero-order valence-electron chi connectivity index (χ0n) is 19.5. The summed E-state index contributed by atoms with van der Waals surface area (Å²) in [4.78, 5) is 17.4. The van der Waals surface area contributed by atoms with Crippen molar-refractivity contribution in [3.8, 4) is 11.5 Å². The fraction of sp³-hybridized carbons (Fsp3) is 0.462. The minimum Gasteiger partial charge on any atom is -0.493 e. The van der Waals surface area contributed by atoms with Crippen molar-refractivity contribution in [1.29, 1.82) is 0 Å². The predicted molar refractivity (Wildman–Crippen MR) is 132 cm³/mol. The Morgan fingerprint density at radius 3 is 1.94 bits per heavy atom. The van der Waals surface area contributed by atoms with Crippen molar-refractivity contribution >= 4 is 28.1 Å². The summed E-state index contributed by atoms with van der Waals surface area (Å²) in [5.41, 5.74) is 3.66. The number of hydrogen-bond acceptors (Lipinski definition) is 7. The number of hydrogen-bond donors (Lipinski definition) is 0. The topological polar surface area (TPSA) is 54.0 Å². The Bertz CT molecular complexity index is 1170. The summed E-state index contributed by atoms with van der Waals surface area (Å²) in [5, 5.41) is 1.03. The van der Waals surface area contributed by atoms with Gasteiger partial charge in [0.05, 0.1) is 31.1 Å². The van der Waals surface area contributed by atoms with Gasteiger partial charge in [0.15, 0.2) is 11.5 Å². The van der Waals surface area contributed by atoms with Gasteiger partial charge in [-0.15, -0.1) is 0 Å². The number of rotatable bonds is 6. The second-order valence-electron chi connectivity index (χ2n) is 9.21. The molecule has 2 aromatic carbocycles. The molecule has 2 aliphatic heterocycles. The molecule has 1 aliphatic carbocycles. The highest BCUT2D eigenvalue weighted by Gasteiger charge is 2.30. The first-order chi connectivity index (χ1) is 16.2. The molecule has 7 nitrogen and oxygen atoms in total. The van der Waals surface area contributed by atoms with E-state index in [4.69, 9.17) is 19.4 Å². The van der Waals surface area contributed by atoms with Gasteiger partial charge in [-0.25, -0.2) is 9.97 Å². The lowest BCUT2D eigenvalue weighted by atomic mass is 10.1. The monoisotopic (exact) mass is 445 g/mol. The molecule has 3 aliphatic rings. The van der Waals surface area contributed by atoms with Gasteiger partial charge in [0.25, 0.3) is 0 Å². The maximum absolute atomic E-state index is 5.59. The number of anilines is 3. The van der Waals surface area contributed by atoms with Crippen LogP contribution in [-0.2, 0) is 0 Å². The second kappa shape index (κ2) is 8.28. The normalized spacial score (nSPS) is 18.4. The van der Waals surface area contributed by atoms with Gasteiger partial charge in [-0.05, 0) is 37.5 Å². The molecule has 3 heterocycles. The third-order valence-corrected chi connectivity index (χ3v) is 7.14. The van der Waals surface area contributed by atoms with Crippen LogP contribution in [0.3, 0.4) is 0 Å². The van der Waals surface area contributed by atoms with Crippen molar-refractivity contribution in [3.63, 3.8) is 0 Å². The molecule has 6 rings (SSSR count). The molecule has 0 amide bonds. The van der Waals surface area contributed by atoms with E-state index < -0.39 is 0 Å². The Morgan fingerprint density at radius 2 is 1.36 bits per heavy atom. The summed E-state index contributed by atoms with van der Waals surface area (Å²) < 4.78 is 11.1. The minimum atomic E-state index is 0.492. The van der Waals surface area contributed by atoms with Crippen LogP contribution in [0, 0.1) is 0 Å². The first-order valence-corrected chi connectivity index (χ1v) is 12.0. The maximum atomic E-state index is 5.59. The molecule has 1 saturated carbocycles. The van der Waals surface area contributed by atoms with Crippen LogP contribution in [0.25, 0.3) is 10.9 Å². The number of methoxy groups -OCH3 is 2. The molecule has 1 aromatic heterocycles. The van der Waals surface area contributed by atoms with Gasteiger partial charge in [0.1, 0.15) is 11.6 Å². The van der Waals surface area contributed by atoms with E-state index >= 15 is 0 Å². The van der Waals surface area contributed by atoms with E-state index in [1.807, 2.05) is 12.1 Å². The zero-order valence-corrected chi connectivity index (χ0v) is 19.5. The van der Waals surface area contributed by atoms with E-state index in [-0.39, 0.29) is 0 Å². The molecule has 0 atom stereocenters. The minimum absolute atomic E-state index is 0.492. The summed E-state index contributed by atoms with van der Waals surface area (Å²) in [6.45, 7) is 6.14. The molecule has 0 unspecified atom stereocenters. The lowest BCUT2D eigenvalue weighted by Crippen LogP contribution is -2.48. The van der Waals surface area contributed by atoms with Crippen LogP contribution in [0.15, 0.2) is 36.4 Å². The highest BCUT2D eigenvalue weighted by Crippen LogP contribution is 2.42. The van der Waals surface area contributed by atoms with Gasteiger partial charge in [-0.2, -0.15) is 0 Å². The van der Waals surface area contributed by atoms with Crippen molar-refractivity contribution in [2.24, 2.45) is 0 Å². The molecule has 0 N–H and O–H groups in total. The average molecular weight is 446 g/mol. The van der Waals surface area contributed by atoms with Gasteiger partial charge < -0.3 is 24.2 Å². The molecule has 3 aromatic rings. The molecule has 7 heteroatoms. The van der Waals surface area contributed by atoms with Crippen molar-refractivity contribution in [1.82, 2.24) is 9.97 Å². The van der Waals surface area contributed by atoms with Crippen LogP contribution in [0.2, 0.25) is 0 Å². The first-order valence-electron chi connectivity index (χ1n) is 12.0. The SMILES string of the molecule is COc1cc2nc(C3CC3)nc(N3CCN(c4ccccc4N4CCC4)CC3)c2cc1OC. The number of nitrogens with zero attached hydrogens (tertiary/aromatic N) is 5. The molecule has 0 spiro atoms. The molecular formula is C26H31N5O2. The Kier molecular flexibility index (Phi) is 5.12. The van der Waals surface area contributed by atoms with Crippen molar-refractivity contribution in [3.05, 3.63) is 42.2 Å². The fourth-order valence-corrected chi connectivity index (χ4v) is 4.94. The highest BCUT2D eigenvalue weighted by molar-refractivity contribution is 5.92. The van der Waals surface area contributed by atoms with Gasteiger partial charge in [-0.3, -0.25) is 0 Å². The molecule has 3 fully saturated rings. The quantitative estimate of drug-likeness (QED) is 0.567. The summed E-state index contributed by atoms with van der Waals surface area (Å²) in [6.07, 6.45) is 3.65. The van der Waals surface area contributed by atoms with E-state index in [1.165, 1.54) is 43.7 Å². The third-order valence-electron chi connectivity index (χ3n) is 7.14. The smallest absolute Gasteiger partial charge is 0.162 e. The number of aromatic nitrogens is 2. The molecule has 0 radical (unpaired) electrons. The summed E-state index contributed by atoms with van der Waals surface area (Å²) in [5.74, 6) is 3.92. The summed E-state index contributed by atoms with van der Waals surface area (Å²) in [7, 11) is 3.35. The largest absolute Gasteiger partial charge is 0.493 e. The number of piperazine rings is 1. The zero-order chi connectivity index (χ0) is 22.4. The first kappa shape index (κ1) is 20.4. The average Bonchev–Trinajstić information content (AvgIpc) is 3.67. The van der Waals surface area contributed by atoms with E-state index in [2.05, 4.69) is 39.0 Å². The molecule has 172 valence electrons. The van der Waals surface area contributed by atoms with Crippen LogP contribution in [0.4, 0.5) is 17.2 Å². The third kappa shape index (κ3) is 3.69. The van der Waals surface area contributed by atoms with Crippen LogP contribution in [0.1, 0.15) is 31.0 Å². The molecule has 33 heavy (non-hydrogen) atoms. The Hall–Kier alpha value is -3.22. The van der Waals surface area contributed by atoms with Crippen LogP contribution in [0.5, 0.6) is 11.5 Å². The van der Waals surface area contributed by atoms with Crippen LogP contribution < -0.4 is 24.2 Å². The second-order valence-corrected chi connectivity index (χ2v) is 9.21. The Balaban J connectivity index is 1.31. The van der Waals surface area contributed by atoms with Crippen molar-refractivity contribution < 1.29 is 9.47 Å². The van der Waals surface area contributed by atoms with Gasteiger partial charge >= 0.3 is 0 Å². The van der Waals surface area contributed by atoms with E-state index in [9.17, 15) is 0 Å². The number of fused-ring (bicyclic) bond motifs is 1. The van der Waals surface area contributed by atoms with E-state index in [0.717, 1.165) is 54.5 Å². The van der Waals surface area contributed by atoms with Crippen LogP contribution in [-0.4, -0.2) is 63.5 Å². The standard InChI is InChI=1S/C26H31N5O2/c1-32-23-16-19-20(17-24(23)33-2)27-25(18-8-9-18)28-26(19)31-14-12-30(13-15-31)22-7-4-3-6-21(22)29-10-5-11-29/h3-4,6-7,16-18H,5,8-15H2,1-2H3. The van der Waals surface area contributed by atoms with E-state index in [0.29, 0.717) is 11.7 Å². The predicted octanol–water partition coefficient (Wildman–Crippen LogP) is 4.06. The number of ether oxygens (including phenoxy) is 2. The maximum Gasteiger partial charge on any atom is 0.162 e. The van der Waals surface area contributed by atoms with Crippen molar-refractivity contribution in [2.75, 3.05) is 68.2 Å².